The molecule has 0 fully saturated rings. The number of hydrogen-bond acceptors (Lipinski definition) is 5. The Morgan fingerprint density at radius 2 is 1.88 bits per heavy atom. The molecule has 0 amide bonds. The first-order valence-electron chi connectivity index (χ1n) is 7.88. The summed E-state index contributed by atoms with van der Waals surface area (Å²) in [6, 6.07) is 12.8. The number of aliphatic imine (C=N–C) groups is 1. The Kier molecular flexibility index (Phi) is 4.15. The molecule has 0 aliphatic carbocycles. The Labute approximate surface area is 149 Å². The van der Waals surface area contributed by atoms with Gasteiger partial charge in [-0.3, -0.25) is 0 Å². The first-order valence-corrected chi connectivity index (χ1v) is 8.25. The maximum absolute atomic E-state index is 12.1. The number of halogens is 1. The first-order chi connectivity index (χ1) is 12.2. The molecule has 0 bridgehead atoms. The van der Waals surface area contributed by atoms with Gasteiger partial charge in [-0.05, 0) is 35.9 Å². The van der Waals surface area contributed by atoms with Crippen LogP contribution < -0.4 is 9.47 Å². The summed E-state index contributed by atoms with van der Waals surface area (Å²) in [6.45, 7) is 1.12. The van der Waals surface area contributed by atoms with Gasteiger partial charge in [0.1, 0.15) is 0 Å². The minimum Gasteiger partial charge on any atom is -0.489 e. The monoisotopic (exact) mass is 355 g/mol. The fourth-order valence-electron chi connectivity index (χ4n) is 2.61. The third-order valence-corrected chi connectivity index (χ3v) is 4.05. The third-order valence-electron chi connectivity index (χ3n) is 3.77. The molecule has 0 atom stereocenters. The summed E-state index contributed by atoms with van der Waals surface area (Å²) in [7, 11) is 0. The largest absolute Gasteiger partial charge is 0.489 e. The van der Waals surface area contributed by atoms with Crippen molar-refractivity contribution in [1.29, 1.82) is 0 Å². The van der Waals surface area contributed by atoms with Gasteiger partial charge in [0, 0.05) is 12.0 Å². The van der Waals surface area contributed by atoms with Gasteiger partial charge in [-0.25, -0.2) is 9.79 Å². The van der Waals surface area contributed by atoms with Crippen LogP contribution >= 0.6 is 11.6 Å². The molecule has 2 aromatic carbocycles. The summed E-state index contributed by atoms with van der Waals surface area (Å²) in [5, 5.41) is 0.435. The second-order valence-electron chi connectivity index (χ2n) is 5.58. The molecule has 0 saturated carbocycles. The summed E-state index contributed by atoms with van der Waals surface area (Å²) in [5.41, 5.74) is 1.65. The maximum atomic E-state index is 12.1. The van der Waals surface area contributed by atoms with Crippen LogP contribution in [0.1, 0.15) is 17.5 Å². The first kappa shape index (κ1) is 15.7. The standard InChI is InChI=1S/C19H14ClNO4/c20-14-9-12(11-16-17(14)24-8-4-7-23-16)10-15-19(22)25-18(21-15)13-5-2-1-3-6-13/h1-3,5-6,9-11H,4,7-8H2/b15-10-. The lowest BCUT2D eigenvalue weighted by molar-refractivity contribution is -0.129. The lowest BCUT2D eigenvalue weighted by Crippen LogP contribution is -2.04. The molecule has 2 aliphatic rings. The van der Waals surface area contributed by atoms with E-state index in [1.54, 1.807) is 18.2 Å². The number of benzene rings is 2. The average molecular weight is 356 g/mol. The van der Waals surface area contributed by atoms with Gasteiger partial charge in [0.25, 0.3) is 0 Å². The smallest absolute Gasteiger partial charge is 0.363 e. The van der Waals surface area contributed by atoms with E-state index in [0.29, 0.717) is 35.3 Å². The van der Waals surface area contributed by atoms with E-state index in [9.17, 15) is 4.79 Å². The average Bonchev–Trinajstić information content (AvgIpc) is 2.82. The highest BCUT2D eigenvalue weighted by atomic mass is 35.5. The number of nitrogens with zero attached hydrogens (tertiary/aromatic N) is 1. The normalized spacial score (nSPS) is 17.9. The molecule has 5 nitrogen and oxygen atoms in total. The molecule has 0 saturated heterocycles. The summed E-state index contributed by atoms with van der Waals surface area (Å²) < 4.78 is 16.5. The van der Waals surface area contributed by atoms with Gasteiger partial charge in [0.05, 0.1) is 18.2 Å². The minimum absolute atomic E-state index is 0.212. The molecule has 2 aliphatic heterocycles. The molecule has 2 heterocycles. The highest BCUT2D eigenvalue weighted by Gasteiger charge is 2.24. The number of rotatable bonds is 2. The number of ether oxygens (including phenoxy) is 3. The lowest BCUT2D eigenvalue weighted by Gasteiger charge is -2.10. The van der Waals surface area contributed by atoms with Crippen molar-refractivity contribution >= 4 is 29.5 Å². The van der Waals surface area contributed by atoms with E-state index in [2.05, 4.69) is 4.99 Å². The second kappa shape index (κ2) is 6.61. The summed E-state index contributed by atoms with van der Waals surface area (Å²) in [6.07, 6.45) is 2.41. The molecular formula is C19H14ClNO4. The molecule has 4 rings (SSSR count). The van der Waals surface area contributed by atoms with Crippen molar-refractivity contribution in [1.82, 2.24) is 0 Å². The third kappa shape index (κ3) is 3.23. The Morgan fingerprint density at radius 3 is 2.72 bits per heavy atom. The van der Waals surface area contributed by atoms with Gasteiger partial charge in [0.2, 0.25) is 5.90 Å². The van der Waals surface area contributed by atoms with Gasteiger partial charge in [-0.2, -0.15) is 0 Å². The fourth-order valence-corrected chi connectivity index (χ4v) is 2.88. The molecule has 2 aromatic rings. The highest BCUT2D eigenvalue weighted by molar-refractivity contribution is 6.32. The number of cyclic esters (lactones) is 1. The van der Waals surface area contributed by atoms with E-state index in [-0.39, 0.29) is 11.6 Å². The second-order valence-corrected chi connectivity index (χ2v) is 5.99. The van der Waals surface area contributed by atoms with Gasteiger partial charge >= 0.3 is 5.97 Å². The van der Waals surface area contributed by atoms with E-state index in [1.807, 2.05) is 30.3 Å². The number of fused-ring (bicyclic) bond motifs is 1. The van der Waals surface area contributed by atoms with Crippen molar-refractivity contribution in [2.75, 3.05) is 13.2 Å². The van der Waals surface area contributed by atoms with Crippen molar-refractivity contribution in [3.05, 3.63) is 64.3 Å². The van der Waals surface area contributed by atoms with Crippen molar-refractivity contribution in [2.45, 2.75) is 6.42 Å². The molecule has 0 spiro atoms. The molecule has 25 heavy (non-hydrogen) atoms. The van der Waals surface area contributed by atoms with Crippen LogP contribution in [0.2, 0.25) is 5.02 Å². The SMILES string of the molecule is O=C1OC(c2ccccc2)=N/C1=C\c1cc(Cl)c2c(c1)OCCCO2. The highest BCUT2D eigenvalue weighted by Crippen LogP contribution is 2.38. The predicted molar refractivity (Wildman–Crippen MR) is 94.1 cm³/mol. The van der Waals surface area contributed by atoms with Gasteiger partial charge in [0.15, 0.2) is 17.2 Å². The topological polar surface area (TPSA) is 57.1 Å². The number of carbonyl (C=O) groups excluding carboxylic acids is 1. The molecular weight excluding hydrogens is 342 g/mol. The van der Waals surface area contributed by atoms with Crippen LogP contribution in [0, 0.1) is 0 Å². The summed E-state index contributed by atoms with van der Waals surface area (Å²) >= 11 is 6.28. The summed E-state index contributed by atoms with van der Waals surface area (Å²) in [4.78, 5) is 16.4. The fraction of sp³-hybridized carbons (Fsp3) is 0.158. The molecule has 0 radical (unpaired) electrons. The van der Waals surface area contributed by atoms with Gasteiger partial charge < -0.3 is 14.2 Å². The van der Waals surface area contributed by atoms with Crippen LogP contribution in [0.5, 0.6) is 11.5 Å². The van der Waals surface area contributed by atoms with E-state index in [0.717, 1.165) is 12.0 Å². The molecule has 0 aromatic heterocycles. The van der Waals surface area contributed by atoms with Gasteiger partial charge in [-0.15, -0.1) is 0 Å². The Balaban J connectivity index is 1.69. The zero-order valence-corrected chi connectivity index (χ0v) is 14.0. The summed E-state index contributed by atoms with van der Waals surface area (Å²) in [5.74, 6) is 0.888. The Hall–Kier alpha value is -2.79. The van der Waals surface area contributed by atoms with Crippen molar-refractivity contribution in [2.24, 2.45) is 4.99 Å². The van der Waals surface area contributed by atoms with Crippen LogP contribution in [0.15, 0.2) is 53.2 Å². The number of hydrogen-bond donors (Lipinski definition) is 0. The minimum atomic E-state index is -0.498. The van der Waals surface area contributed by atoms with Crippen LogP contribution in [-0.4, -0.2) is 25.1 Å². The van der Waals surface area contributed by atoms with E-state index in [1.165, 1.54) is 0 Å². The van der Waals surface area contributed by atoms with Crippen LogP contribution in [0.4, 0.5) is 0 Å². The Bertz CT molecular complexity index is 890. The van der Waals surface area contributed by atoms with Crippen LogP contribution in [0.3, 0.4) is 0 Å². The molecule has 0 N–H and O–H groups in total. The van der Waals surface area contributed by atoms with Crippen LogP contribution in [-0.2, 0) is 9.53 Å². The maximum Gasteiger partial charge on any atom is 0.363 e. The Morgan fingerprint density at radius 1 is 1.08 bits per heavy atom. The van der Waals surface area contributed by atoms with Gasteiger partial charge in [-0.1, -0.05) is 29.8 Å². The quantitative estimate of drug-likeness (QED) is 0.606. The molecule has 6 heteroatoms. The lowest BCUT2D eigenvalue weighted by atomic mass is 10.1. The number of esters is 1. The zero-order chi connectivity index (χ0) is 17.2. The van der Waals surface area contributed by atoms with Crippen LogP contribution in [0.25, 0.3) is 6.08 Å². The predicted octanol–water partition coefficient (Wildman–Crippen LogP) is 3.85. The van der Waals surface area contributed by atoms with E-state index >= 15 is 0 Å². The number of carbonyl (C=O) groups is 1. The van der Waals surface area contributed by atoms with E-state index < -0.39 is 5.97 Å². The zero-order valence-electron chi connectivity index (χ0n) is 13.2. The van der Waals surface area contributed by atoms with E-state index in [4.69, 9.17) is 25.8 Å². The van der Waals surface area contributed by atoms with Crippen molar-refractivity contribution in [3.63, 3.8) is 0 Å². The van der Waals surface area contributed by atoms with Crippen molar-refractivity contribution < 1.29 is 19.0 Å². The van der Waals surface area contributed by atoms with Crippen molar-refractivity contribution in [3.8, 4) is 11.5 Å². The molecule has 126 valence electrons. The molecule has 0 unspecified atom stereocenters.